The Labute approximate surface area is 108 Å². The lowest BCUT2D eigenvalue weighted by molar-refractivity contribution is 0.247. The summed E-state index contributed by atoms with van der Waals surface area (Å²) < 4.78 is 0. The van der Waals surface area contributed by atoms with Crippen LogP contribution < -0.4 is 16.4 Å². The zero-order chi connectivity index (χ0) is 12.8. The highest BCUT2D eigenvalue weighted by atomic mass is 16.2. The van der Waals surface area contributed by atoms with E-state index in [-0.39, 0.29) is 6.03 Å². The van der Waals surface area contributed by atoms with E-state index in [4.69, 9.17) is 5.73 Å². The number of anilines is 2. The van der Waals surface area contributed by atoms with Gasteiger partial charge in [0.05, 0.1) is 0 Å². The first-order chi connectivity index (χ1) is 8.74. The van der Waals surface area contributed by atoms with Crippen molar-refractivity contribution < 1.29 is 4.79 Å². The quantitative estimate of drug-likeness (QED) is 0.719. The molecule has 0 spiro atoms. The van der Waals surface area contributed by atoms with E-state index >= 15 is 0 Å². The Balaban J connectivity index is 1.73. The number of amides is 2. The van der Waals surface area contributed by atoms with Crippen LogP contribution in [0.4, 0.5) is 16.2 Å². The maximum absolute atomic E-state index is 11.7. The summed E-state index contributed by atoms with van der Waals surface area (Å²) in [4.78, 5) is 11.7. The number of carbonyl (C=O) groups is 1. The molecule has 0 atom stereocenters. The van der Waals surface area contributed by atoms with Crippen LogP contribution >= 0.6 is 0 Å². The second-order valence-electron chi connectivity index (χ2n) is 4.96. The summed E-state index contributed by atoms with van der Waals surface area (Å²) in [5.74, 6) is 0.649. The summed E-state index contributed by atoms with van der Waals surface area (Å²) >= 11 is 0. The number of rotatable bonds is 3. The summed E-state index contributed by atoms with van der Waals surface area (Å²) in [6.07, 6.45) is 6.41. The molecule has 4 nitrogen and oxygen atoms in total. The van der Waals surface area contributed by atoms with Gasteiger partial charge in [-0.15, -0.1) is 0 Å². The number of benzene rings is 1. The molecule has 18 heavy (non-hydrogen) atoms. The lowest BCUT2D eigenvalue weighted by Gasteiger charge is -2.21. The fraction of sp³-hybridized carbons (Fsp3) is 0.500. The molecule has 1 aliphatic carbocycles. The molecule has 1 aliphatic rings. The Kier molecular flexibility index (Phi) is 4.45. The number of urea groups is 1. The van der Waals surface area contributed by atoms with Gasteiger partial charge in [-0.3, -0.25) is 0 Å². The van der Waals surface area contributed by atoms with Gasteiger partial charge in [0, 0.05) is 17.9 Å². The minimum Gasteiger partial charge on any atom is -0.399 e. The third-order valence-corrected chi connectivity index (χ3v) is 3.44. The highest BCUT2D eigenvalue weighted by Crippen LogP contribution is 2.22. The van der Waals surface area contributed by atoms with Crippen molar-refractivity contribution in [2.24, 2.45) is 5.92 Å². The topological polar surface area (TPSA) is 67.1 Å². The smallest absolute Gasteiger partial charge is 0.319 e. The molecule has 1 aromatic carbocycles. The number of carbonyl (C=O) groups excluding carboxylic acids is 1. The van der Waals surface area contributed by atoms with Crippen molar-refractivity contribution in [3.8, 4) is 0 Å². The summed E-state index contributed by atoms with van der Waals surface area (Å²) in [6.45, 7) is 0.779. The van der Waals surface area contributed by atoms with Crippen molar-refractivity contribution in [2.45, 2.75) is 32.1 Å². The predicted molar refractivity (Wildman–Crippen MR) is 74.5 cm³/mol. The summed E-state index contributed by atoms with van der Waals surface area (Å²) in [6, 6.07) is 7.02. The van der Waals surface area contributed by atoms with Crippen LogP contribution in [0, 0.1) is 5.92 Å². The van der Waals surface area contributed by atoms with Crippen molar-refractivity contribution in [3.05, 3.63) is 24.3 Å². The molecular weight excluding hydrogens is 226 g/mol. The maximum Gasteiger partial charge on any atom is 0.319 e. The predicted octanol–water partition coefficient (Wildman–Crippen LogP) is 2.97. The molecule has 0 heterocycles. The minimum absolute atomic E-state index is 0.134. The van der Waals surface area contributed by atoms with Gasteiger partial charge in [-0.2, -0.15) is 0 Å². The van der Waals surface area contributed by atoms with E-state index in [1.165, 1.54) is 32.1 Å². The number of nitrogens with one attached hydrogen (secondary N) is 2. The van der Waals surface area contributed by atoms with Crippen molar-refractivity contribution in [3.63, 3.8) is 0 Å². The molecule has 0 radical (unpaired) electrons. The van der Waals surface area contributed by atoms with Gasteiger partial charge in [0.25, 0.3) is 0 Å². The van der Waals surface area contributed by atoms with Gasteiger partial charge in [-0.25, -0.2) is 4.79 Å². The Bertz CT molecular complexity index is 383. The fourth-order valence-corrected chi connectivity index (χ4v) is 2.37. The van der Waals surface area contributed by atoms with Crippen molar-refractivity contribution in [1.29, 1.82) is 0 Å². The Morgan fingerprint density at radius 3 is 2.50 bits per heavy atom. The molecule has 4 heteroatoms. The lowest BCUT2D eigenvalue weighted by atomic mass is 9.89. The average Bonchev–Trinajstić information content (AvgIpc) is 2.40. The third kappa shape index (κ3) is 3.95. The summed E-state index contributed by atoms with van der Waals surface area (Å²) in [5.41, 5.74) is 7.05. The van der Waals surface area contributed by atoms with Crippen LogP contribution in [0.2, 0.25) is 0 Å². The Morgan fingerprint density at radius 1 is 1.17 bits per heavy atom. The first-order valence-corrected chi connectivity index (χ1v) is 6.64. The SMILES string of the molecule is Nc1ccc(NC(=O)NCC2CCCCC2)cc1. The van der Waals surface area contributed by atoms with E-state index in [0.29, 0.717) is 11.6 Å². The molecule has 4 N–H and O–H groups in total. The molecule has 1 saturated carbocycles. The summed E-state index contributed by atoms with van der Waals surface area (Å²) in [7, 11) is 0. The minimum atomic E-state index is -0.134. The van der Waals surface area contributed by atoms with E-state index in [9.17, 15) is 4.79 Å². The van der Waals surface area contributed by atoms with Crippen LogP contribution in [0.25, 0.3) is 0 Å². The molecular formula is C14H21N3O. The van der Waals surface area contributed by atoms with Crippen molar-refractivity contribution in [2.75, 3.05) is 17.6 Å². The molecule has 2 amide bonds. The van der Waals surface area contributed by atoms with Gasteiger partial charge in [0.15, 0.2) is 0 Å². The van der Waals surface area contributed by atoms with Gasteiger partial charge >= 0.3 is 6.03 Å². The van der Waals surface area contributed by atoms with Crippen LogP contribution in [0.15, 0.2) is 24.3 Å². The van der Waals surface area contributed by atoms with Crippen LogP contribution in [-0.2, 0) is 0 Å². The van der Waals surface area contributed by atoms with Crippen molar-refractivity contribution in [1.82, 2.24) is 5.32 Å². The Hall–Kier alpha value is -1.71. The highest BCUT2D eigenvalue weighted by molar-refractivity contribution is 5.89. The van der Waals surface area contributed by atoms with Crippen LogP contribution in [0.5, 0.6) is 0 Å². The largest absolute Gasteiger partial charge is 0.399 e. The first kappa shape index (κ1) is 12.7. The zero-order valence-corrected chi connectivity index (χ0v) is 10.6. The molecule has 0 aromatic heterocycles. The van der Waals surface area contributed by atoms with Gasteiger partial charge in [0.2, 0.25) is 0 Å². The molecule has 0 saturated heterocycles. The summed E-state index contributed by atoms with van der Waals surface area (Å²) in [5, 5.41) is 5.74. The molecule has 0 aliphatic heterocycles. The third-order valence-electron chi connectivity index (χ3n) is 3.44. The highest BCUT2D eigenvalue weighted by Gasteiger charge is 2.14. The van der Waals surface area contributed by atoms with E-state index in [1.54, 1.807) is 24.3 Å². The van der Waals surface area contributed by atoms with Crippen LogP contribution in [-0.4, -0.2) is 12.6 Å². The monoisotopic (exact) mass is 247 g/mol. The van der Waals surface area contributed by atoms with Gasteiger partial charge in [-0.1, -0.05) is 19.3 Å². The van der Waals surface area contributed by atoms with Gasteiger partial charge in [-0.05, 0) is 43.0 Å². The number of hydrogen-bond donors (Lipinski definition) is 3. The van der Waals surface area contributed by atoms with E-state index in [1.807, 2.05) is 0 Å². The second kappa shape index (κ2) is 6.28. The van der Waals surface area contributed by atoms with E-state index in [2.05, 4.69) is 10.6 Å². The molecule has 1 aromatic rings. The average molecular weight is 247 g/mol. The number of hydrogen-bond acceptors (Lipinski definition) is 2. The number of nitrogen functional groups attached to an aromatic ring is 1. The molecule has 0 bridgehead atoms. The maximum atomic E-state index is 11.7. The lowest BCUT2D eigenvalue weighted by Crippen LogP contribution is -2.33. The van der Waals surface area contributed by atoms with Gasteiger partial charge in [0.1, 0.15) is 0 Å². The van der Waals surface area contributed by atoms with Crippen LogP contribution in [0.3, 0.4) is 0 Å². The molecule has 0 unspecified atom stereocenters. The standard InChI is InChI=1S/C14H21N3O/c15-12-6-8-13(9-7-12)17-14(18)16-10-11-4-2-1-3-5-11/h6-9,11H,1-5,10,15H2,(H2,16,17,18). The zero-order valence-electron chi connectivity index (χ0n) is 10.6. The number of nitrogens with two attached hydrogens (primary N) is 1. The van der Waals surface area contributed by atoms with E-state index < -0.39 is 0 Å². The molecule has 1 fully saturated rings. The first-order valence-electron chi connectivity index (χ1n) is 6.64. The Morgan fingerprint density at radius 2 is 1.83 bits per heavy atom. The second-order valence-corrected chi connectivity index (χ2v) is 4.96. The molecule has 2 rings (SSSR count). The van der Waals surface area contributed by atoms with Gasteiger partial charge < -0.3 is 16.4 Å². The van der Waals surface area contributed by atoms with Crippen molar-refractivity contribution >= 4 is 17.4 Å². The van der Waals surface area contributed by atoms with E-state index in [0.717, 1.165) is 12.2 Å². The fourth-order valence-electron chi connectivity index (χ4n) is 2.37. The molecule has 98 valence electrons. The van der Waals surface area contributed by atoms with Crippen LogP contribution in [0.1, 0.15) is 32.1 Å². The normalized spacial score (nSPS) is 16.2.